The van der Waals surface area contributed by atoms with Gasteiger partial charge in [0.25, 0.3) is 5.91 Å². The zero-order valence-corrected chi connectivity index (χ0v) is 14.0. The van der Waals surface area contributed by atoms with Crippen molar-refractivity contribution in [2.75, 3.05) is 13.7 Å². The lowest BCUT2D eigenvalue weighted by Crippen LogP contribution is -2.38. The van der Waals surface area contributed by atoms with Crippen LogP contribution in [-0.2, 0) is 9.63 Å². The number of oxime groups is 1. The van der Waals surface area contributed by atoms with Gasteiger partial charge in [0.05, 0.1) is 13.3 Å². The van der Waals surface area contributed by atoms with Crippen molar-refractivity contribution in [1.29, 1.82) is 0 Å². The molecule has 0 heterocycles. The van der Waals surface area contributed by atoms with Gasteiger partial charge in [0.15, 0.2) is 18.1 Å². The van der Waals surface area contributed by atoms with Crippen LogP contribution in [0.3, 0.4) is 0 Å². The van der Waals surface area contributed by atoms with Gasteiger partial charge in [-0.2, -0.15) is 8.78 Å². The molecule has 1 amide bonds. The molecular formula is C17H22F2N2O4. The molecule has 1 aliphatic carbocycles. The lowest BCUT2D eigenvalue weighted by atomic mass is 9.95. The fraction of sp³-hybridized carbons (Fsp3) is 0.529. The lowest BCUT2D eigenvalue weighted by molar-refractivity contribution is -0.126. The number of hydrogen-bond donors (Lipinski definition) is 1. The number of amides is 1. The normalized spacial score (nSPS) is 15.4. The number of carbonyl (C=O) groups excluding carboxylic acids is 1. The van der Waals surface area contributed by atoms with Gasteiger partial charge >= 0.3 is 6.61 Å². The number of carbonyl (C=O) groups is 1. The van der Waals surface area contributed by atoms with Gasteiger partial charge in [-0.25, -0.2) is 0 Å². The number of benzene rings is 1. The van der Waals surface area contributed by atoms with E-state index in [0.29, 0.717) is 5.56 Å². The first-order valence-electron chi connectivity index (χ1n) is 8.16. The minimum atomic E-state index is -2.93. The Morgan fingerprint density at radius 3 is 2.76 bits per heavy atom. The number of rotatable bonds is 8. The Hall–Kier alpha value is -2.38. The molecule has 1 aromatic rings. The van der Waals surface area contributed by atoms with E-state index in [0.717, 1.165) is 25.7 Å². The highest BCUT2D eigenvalue weighted by Crippen LogP contribution is 2.28. The summed E-state index contributed by atoms with van der Waals surface area (Å²) in [6.45, 7) is -3.10. The third-order valence-corrected chi connectivity index (χ3v) is 3.85. The van der Waals surface area contributed by atoms with Crippen LogP contribution < -0.4 is 14.8 Å². The van der Waals surface area contributed by atoms with E-state index >= 15 is 0 Å². The Morgan fingerprint density at radius 2 is 2.08 bits per heavy atom. The number of alkyl halides is 2. The van der Waals surface area contributed by atoms with E-state index in [2.05, 4.69) is 15.2 Å². The first kappa shape index (κ1) is 19.0. The van der Waals surface area contributed by atoms with E-state index in [1.165, 1.54) is 37.9 Å². The van der Waals surface area contributed by atoms with Crippen molar-refractivity contribution in [3.8, 4) is 11.5 Å². The standard InChI is InChI=1S/C17H22F2N2O4/c1-23-15-9-12(7-8-14(15)25-17(18)19)10-20-24-11-16(22)21-13-5-3-2-4-6-13/h7-10,13,17H,2-6,11H2,1H3,(H,21,22). The molecule has 8 heteroatoms. The van der Waals surface area contributed by atoms with Gasteiger partial charge in [-0.05, 0) is 31.0 Å². The summed E-state index contributed by atoms with van der Waals surface area (Å²) >= 11 is 0. The smallest absolute Gasteiger partial charge is 0.387 e. The van der Waals surface area contributed by atoms with Crippen LogP contribution >= 0.6 is 0 Å². The number of nitrogens with zero attached hydrogens (tertiary/aromatic N) is 1. The molecule has 1 fully saturated rings. The van der Waals surface area contributed by atoms with Gasteiger partial charge in [0.1, 0.15) is 0 Å². The molecule has 0 saturated heterocycles. The SMILES string of the molecule is COc1cc(C=NOCC(=O)NC2CCCCC2)ccc1OC(F)F. The fourth-order valence-corrected chi connectivity index (χ4v) is 2.67. The minimum absolute atomic E-state index is 0.0672. The van der Waals surface area contributed by atoms with E-state index in [1.54, 1.807) is 0 Å². The Kier molecular flexibility index (Phi) is 7.43. The predicted octanol–water partition coefficient (Wildman–Crippen LogP) is 3.10. The monoisotopic (exact) mass is 356 g/mol. The molecule has 1 saturated carbocycles. The van der Waals surface area contributed by atoms with Crippen LogP contribution in [0.2, 0.25) is 0 Å². The summed E-state index contributed by atoms with van der Waals surface area (Å²) < 4.78 is 33.9. The Balaban J connectivity index is 1.79. The molecule has 6 nitrogen and oxygen atoms in total. The third kappa shape index (κ3) is 6.56. The second-order valence-electron chi connectivity index (χ2n) is 5.70. The van der Waals surface area contributed by atoms with Crippen molar-refractivity contribution in [3.63, 3.8) is 0 Å². The van der Waals surface area contributed by atoms with Crippen molar-refractivity contribution in [3.05, 3.63) is 23.8 Å². The Labute approximate surface area is 145 Å². The molecule has 1 aromatic carbocycles. The second kappa shape index (κ2) is 9.80. The van der Waals surface area contributed by atoms with Gasteiger partial charge in [-0.1, -0.05) is 24.4 Å². The fourth-order valence-electron chi connectivity index (χ4n) is 2.67. The van der Waals surface area contributed by atoms with Gasteiger partial charge in [-0.15, -0.1) is 0 Å². The molecule has 1 aliphatic rings. The molecule has 138 valence electrons. The van der Waals surface area contributed by atoms with Crippen molar-refractivity contribution in [2.24, 2.45) is 5.16 Å². The van der Waals surface area contributed by atoms with Crippen LogP contribution in [0.5, 0.6) is 11.5 Å². The summed E-state index contributed by atoms with van der Waals surface area (Å²) in [5.41, 5.74) is 0.561. The number of halogens is 2. The molecule has 0 radical (unpaired) electrons. The molecule has 25 heavy (non-hydrogen) atoms. The zero-order valence-electron chi connectivity index (χ0n) is 14.0. The summed E-state index contributed by atoms with van der Waals surface area (Å²) in [6.07, 6.45) is 6.86. The average molecular weight is 356 g/mol. The third-order valence-electron chi connectivity index (χ3n) is 3.85. The molecule has 0 atom stereocenters. The summed E-state index contributed by atoms with van der Waals surface area (Å²) in [4.78, 5) is 16.7. The van der Waals surface area contributed by atoms with Crippen molar-refractivity contribution < 1.29 is 27.9 Å². The predicted molar refractivity (Wildman–Crippen MR) is 88.2 cm³/mol. The van der Waals surface area contributed by atoms with E-state index in [-0.39, 0.29) is 30.1 Å². The lowest BCUT2D eigenvalue weighted by Gasteiger charge is -2.22. The number of nitrogens with one attached hydrogen (secondary N) is 1. The van der Waals surface area contributed by atoms with Gasteiger partial charge in [0, 0.05) is 11.6 Å². The van der Waals surface area contributed by atoms with E-state index in [1.807, 2.05) is 0 Å². The van der Waals surface area contributed by atoms with Crippen LogP contribution in [0, 0.1) is 0 Å². The summed E-state index contributed by atoms with van der Waals surface area (Å²) in [7, 11) is 1.35. The second-order valence-corrected chi connectivity index (χ2v) is 5.70. The number of hydrogen-bond acceptors (Lipinski definition) is 5. The topological polar surface area (TPSA) is 69.2 Å². The van der Waals surface area contributed by atoms with E-state index in [4.69, 9.17) is 9.57 Å². The number of ether oxygens (including phenoxy) is 2. The minimum Gasteiger partial charge on any atom is -0.493 e. The largest absolute Gasteiger partial charge is 0.493 e. The summed E-state index contributed by atoms with van der Waals surface area (Å²) in [5.74, 6) is -0.121. The highest BCUT2D eigenvalue weighted by Gasteiger charge is 2.15. The molecule has 0 aromatic heterocycles. The number of methoxy groups -OCH3 is 1. The highest BCUT2D eigenvalue weighted by atomic mass is 19.3. The summed E-state index contributed by atoms with van der Waals surface area (Å²) in [6, 6.07) is 4.57. The van der Waals surface area contributed by atoms with E-state index < -0.39 is 6.61 Å². The maximum absolute atomic E-state index is 12.3. The van der Waals surface area contributed by atoms with E-state index in [9.17, 15) is 13.6 Å². The van der Waals surface area contributed by atoms with Crippen LogP contribution in [0.1, 0.15) is 37.7 Å². The Morgan fingerprint density at radius 1 is 1.32 bits per heavy atom. The van der Waals surface area contributed by atoms with Gasteiger partial charge < -0.3 is 19.6 Å². The first-order valence-corrected chi connectivity index (χ1v) is 8.16. The van der Waals surface area contributed by atoms with Crippen LogP contribution in [0.4, 0.5) is 8.78 Å². The zero-order chi connectivity index (χ0) is 18.1. The molecule has 2 rings (SSSR count). The maximum atomic E-state index is 12.3. The summed E-state index contributed by atoms with van der Waals surface area (Å²) in [5, 5.41) is 6.63. The van der Waals surface area contributed by atoms with Crippen LogP contribution in [0.15, 0.2) is 23.4 Å². The first-order chi connectivity index (χ1) is 12.1. The highest BCUT2D eigenvalue weighted by molar-refractivity contribution is 5.81. The average Bonchev–Trinajstić information content (AvgIpc) is 2.60. The van der Waals surface area contributed by atoms with Gasteiger partial charge in [0.2, 0.25) is 0 Å². The van der Waals surface area contributed by atoms with Gasteiger partial charge in [-0.3, -0.25) is 4.79 Å². The molecular weight excluding hydrogens is 334 g/mol. The molecule has 1 N–H and O–H groups in total. The van der Waals surface area contributed by atoms with Crippen LogP contribution in [0.25, 0.3) is 0 Å². The Bertz CT molecular complexity index is 590. The van der Waals surface area contributed by atoms with Crippen LogP contribution in [-0.4, -0.2) is 38.5 Å². The molecule has 0 aliphatic heterocycles. The molecule has 0 bridgehead atoms. The molecule has 0 spiro atoms. The van der Waals surface area contributed by atoms with Crippen molar-refractivity contribution >= 4 is 12.1 Å². The maximum Gasteiger partial charge on any atom is 0.387 e. The van der Waals surface area contributed by atoms with Crippen molar-refractivity contribution in [1.82, 2.24) is 5.32 Å². The van der Waals surface area contributed by atoms with Crippen molar-refractivity contribution in [2.45, 2.75) is 44.8 Å². The molecule has 0 unspecified atom stereocenters. The quantitative estimate of drug-likeness (QED) is 0.574.